The van der Waals surface area contributed by atoms with E-state index in [-0.39, 0.29) is 5.91 Å². The summed E-state index contributed by atoms with van der Waals surface area (Å²) in [6.45, 7) is 0.531. The molecule has 1 amide bonds. The van der Waals surface area contributed by atoms with Crippen molar-refractivity contribution < 1.29 is 9.53 Å². The monoisotopic (exact) mass is 473 g/mol. The van der Waals surface area contributed by atoms with Gasteiger partial charge in [-0.05, 0) is 47.9 Å². The number of fused-ring (bicyclic) bond motifs is 1. The van der Waals surface area contributed by atoms with Gasteiger partial charge in [-0.2, -0.15) is 0 Å². The first kappa shape index (κ1) is 23.3. The summed E-state index contributed by atoms with van der Waals surface area (Å²) >= 11 is 1.58. The molecule has 0 aliphatic heterocycles. The Hall–Kier alpha value is -3.91. The molecule has 0 aliphatic carbocycles. The third-order valence-electron chi connectivity index (χ3n) is 5.61. The maximum atomic E-state index is 12.8. The first-order chi connectivity index (χ1) is 16.5. The van der Waals surface area contributed by atoms with Crippen molar-refractivity contribution in [1.82, 2.24) is 10.3 Å². The van der Waals surface area contributed by atoms with Crippen molar-refractivity contribution in [3.8, 4) is 16.9 Å². The van der Waals surface area contributed by atoms with Crippen molar-refractivity contribution in [2.24, 2.45) is 10.7 Å². The van der Waals surface area contributed by atoms with Gasteiger partial charge in [-0.25, -0.2) is 0 Å². The Morgan fingerprint density at radius 2 is 2.06 bits per heavy atom. The standard InChI is InChI=1S/C26H27N5O2S/c1-28-23-19-8-6-17(14-22(19)34-24(23)25(27)29-2)20-13-18(7-9-21(20)33-3)26(32)31-12-10-16-5-4-11-30-15-16/h4-9,11,13-15,28H,10,12H2,1-3H3,(H2,27,29)(H,31,32). The molecule has 0 saturated carbocycles. The van der Waals surface area contributed by atoms with Crippen molar-refractivity contribution in [3.63, 3.8) is 0 Å². The number of aromatic nitrogens is 1. The summed E-state index contributed by atoms with van der Waals surface area (Å²) in [6.07, 6.45) is 4.27. The van der Waals surface area contributed by atoms with Crippen LogP contribution in [0.4, 0.5) is 5.69 Å². The van der Waals surface area contributed by atoms with E-state index in [1.807, 2.05) is 43.6 Å². The number of pyridine rings is 1. The van der Waals surface area contributed by atoms with Crippen molar-refractivity contribution in [3.05, 3.63) is 76.9 Å². The van der Waals surface area contributed by atoms with Gasteiger partial charge in [0.25, 0.3) is 5.91 Å². The maximum absolute atomic E-state index is 12.8. The number of methoxy groups -OCH3 is 1. The highest BCUT2D eigenvalue weighted by molar-refractivity contribution is 7.21. The number of thiophene rings is 1. The number of carbonyl (C=O) groups excluding carboxylic acids is 1. The molecule has 4 N–H and O–H groups in total. The Bertz CT molecular complexity index is 1350. The Balaban J connectivity index is 1.63. The SMILES string of the molecule is CN=C(N)c1sc2cc(-c3cc(C(=O)NCCc4cccnc4)ccc3OC)ccc2c1NC. The fourth-order valence-corrected chi connectivity index (χ4v) is 5.03. The predicted octanol–water partition coefficient (Wildman–Crippen LogP) is 4.32. The van der Waals surface area contributed by atoms with Gasteiger partial charge in [0.15, 0.2) is 0 Å². The third-order valence-corrected chi connectivity index (χ3v) is 6.78. The van der Waals surface area contributed by atoms with Gasteiger partial charge in [-0.1, -0.05) is 18.2 Å². The van der Waals surface area contributed by atoms with Gasteiger partial charge in [0, 0.05) is 54.2 Å². The van der Waals surface area contributed by atoms with E-state index < -0.39 is 0 Å². The van der Waals surface area contributed by atoms with Crippen LogP contribution in [0.3, 0.4) is 0 Å². The number of amidine groups is 1. The fourth-order valence-electron chi connectivity index (χ4n) is 3.84. The van der Waals surface area contributed by atoms with Gasteiger partial charge in [-0.3, -0.25) is 14.8 Å². The molecular weight excluding hydrogens is 446 g/mol. The van der Waals surface area contributed by atoms with Crippen LogP contribution in [0.25, 0.3) is 21.2 Å². The molecule has 8 heteroatoms. The number of hydrogen-bond donors (Lipinski definition) is 3. The summed E-state index contributed by atoms with van der Waals surface area (Å²) in [5, 5.41) is 7.30. The normalized spacial score (nSPS) is 11.4. The van der Waals surface area contributed by atoms with Crippen LogP contribution in [0.2, 0.25) is 0 Å². The summed E-state index contributed by atoms with van der Waals surface area (Å²) in [4.78, 5) is 22.0. The van der Waals surface area contributed by atoms with Crippen LogP contribution in [0.5, 0.6) is 5.75 Å². The van der Waals surface area contributed by atoms with E-state index in [0.717, 1.165) is 43.8 Å². The molecule has 0 aliphatic rings. The molecule has 0 radical (unpaired) electrons. The highest BCUT2D eigenvalue weighted by Crippen LogP contribution is 2.39. The van der Waals surface area contributed by atoms with E-state index in [4.69, 9.17) is 10.5 Å². The summed E-state index contributed by atoms with van der Waals surface area (Å²) in [5.41, 5.74) is 10.5. The van der Waals surface area contributed by atoms with E-state index in [1.165, 1.54) is 0 Å². The highest BCUT2D eigenvalue weighted by Gasteiger charge is 2.17. The second-order valence-electron chi connectivity index (χ2n) is 7.66. The van der Waals surface area contributed by atoms with Crippen molar-refractivity contribution in [1.29, 1.82) is 0 Å². The van der Waals surface area contributed by atoms with Crippen LogP contribution in [0.1, 0.15) is 20.8 Å². The lowest BCUT2D eigenvalue weighted by atomic mass is 10.0. The van der Waals surface area contributed by atoms with E-state index in [0.29, 0.717) is 23.7 Å². The number of rotatable bonds is 8. The number of ether oxygens (including phenoxy) is 1. The van der Waals surface area contributed by atoms with Crippen molar-refractivity contribution in [2.45, 2.75) is 6.42 Å². The van der Waals surface area contributed by atoms with Gasteiger partial charge in [-0.15, -0.1) is 11.3 Å². The molecule has 0 spiro atoms. The predicted molar refractivity (Wildman–Crippen MR) is 140 cm³/mol. The van der Waals surface area contributed by atoms with Gasteiger partial charge < -0.3 is 21.1 Å². The molecule has 0 fully saturated rings. The number of anilines is 1. The zero-order valence-corrected chi connectivity index (χ0v) is 20.2. The zero-order chi connectivity index (χ0) is 24.1. The quantitative estimate of drug-likeness (QED) is 0.261. The second kappa shape index (κ2) is 10.4. The molecule has 2 aromatic carbocycles. The number of benzene rings is 2. The molecule has 4 aromatic rings. The lowest BCUT2D eigenvalue weighted by Gasteiger charge is -2.12. The van der Waals surface area contributed by atoms with Crippen LogP contribution in [-0.2, 0) is 6.42 Å². The van der Waals surface area contributed by atoms with Gasteiger partial charge in [0.1, 0.15) is 11.6 Å². The lowest BCUT2D eigenvalue weighted by Crippen LogP contribution is -2.25. The Kier molecular flexibility index (Phi) is 7.08. The Morgan fingerprint density at radius 1 is 1.21 bits per heavy atom. The van der Waals surface area contributed by atoms with Crippen LogP contribution >= 0.6 is 11.3 Å². The summed E-state index contributed by atoms with van der Waals surface area (Å²) in [5.74, 6) is 1.07. The maximum Gasteiger partial charge on any atom is 0.251 e. The second-order valence-corrected chi connectivity index (χ2v) is 8.71. The molecule has 4 rings (SSSR count). The minimum Gasteiger partial charge on any atom is -0.496 e. The van der Waals surface area contributed by atoms with Crippen LogP contribution in [0.15, 0.2) is 65.9 Å². The average Bonchev–Trinajstić information content (AvgIpc) is 3.26. The van der Waals surface area contributed by atoms with E-state index in [2.05, 4.69) is 32.7 Å². The van der Waals surface area contributed by atoms with Crippen LogP contribution in [-0.4, -0.2) is 44.5 Å². The van der Waals surface area contributed by atoms with Crippen molar-refractivity contribution >= 4 is 38.9 Å². The number of hydrogen-bond acceptors (Lipinski definition) is 6. The number of nitrogens with zero attached hydrogens (tertiary/aromatic N) is 2. The number of aliphatic imine (C=N–C) groups is 1. The molecule has 0 unspecified atom stereocenters. The number of carbonyl (C=O) groups is 1. The highest BCUT2D eigenvalue weighted by atomic mass is 32.1. The molecule has 2 heterocycles. The van der Waals surface area contributed by atoms with Gasteiger partial charge in [0.05, 0.1) is 17.7 Å². The smallest absolute Gasteiger partial charge is 0.251 e. The zero-order valence-electron chi connectivity index (χ0n) is 19.4. The molecular formula is C26H27N5O2S. The average molecular weight is 474 g/mol. The Labute approximate surface area is 202 Å². The Morgan fingerprint density at radius 3 is 2.76 bits per heavy atom. The largest absolute Gasteiger partial charge is 0.496 e. The number of nitrogens with one attached hydrogen (secondary N) is 2. The first-order valence-electron chi connectivity index (χ1n) is 10.9. The third kappa shape index (κ3) is 4.72. The summed E-state index contributed by atoms with van der Waals surface area (Å²) in [6, 6.07) is 15.5. The first-order valence-corrected chi connectivity index (χ1v) is 11.7. The summed E-state index contributed by atoms with van der Waals surface area (Å²) in [7, 11) is 5.19. The minimum atomic E-state index is -0.128. The molecule has 0 atom stereocenters. The number of nitrogens with two attached hydrogens (primary N) is 1. The lowest BCUT2D eigenvalue weighted by molar-refractivity contribution is 0.0954. The number of amides is 1. The molecule has 2 aromatic heterocycles. The van der Waals surface area contributed by atoms with E-state index >= 15 is 0 Å². The molecule has 7 nitrogen and oxygen atoms in total. The summed E-state index contributed by atoms with van der Waals surface area (Å²) < 4.78 is 6.67. The van der Waals surface area contributed by atoms with Crippen LogP contribution < -0.4 is 21.1 Å². The molecule has 34 heavy (non-hydrogen) atoms. The van der Waals surface area contributed by atoms with Crippen molar-refractivity contribution in [2.75, 3.05) is 33.1 Å². The molecule has 0 bridgehead atoms. The topological polar surface area (TPSA) is 102 Å². The van der Waals surface area contributed by atoms with Crippen LogP contribution in [0, 0.1) is 0 Å². The minimum absolute atomic E-state index is 0.128. The fraction of sp³-hybridized carbons (Fsp3) is 0.192. The molecule has 0 saturated heterocycles. The van der Waals surface area contributed by atoms with E-state index in [9.17, 15) is 4.79 Å². The van der Waals surface area contributed by atoms with Gasteiger partial charge >= 0.3 is 0 Å². The van der Waals surface area contributed by atoms with Gasteiger partial charge in [0.2, 0.25) is 0 Å². The molecule has 174 valence electrons. The van der Waals surface area contributed by atoms with E-state index in [1.54, 1.807) is 37.8 Å².